The van der Waals surface area contributed by atoms with Crippen molar-refractivity contribution < 1.29 is 14.4 Å². The van der Waals surface area contributed by atoms with Gasteiger partial charge in [0.25, 0.3) is 0 Å². The number of aryl methyl sites for hydroxylation is 1. The standard InChI is InChI=1S/C15H22ClN3O3/c1-10-11(15(16)22-17-10)9-14(21)19-7-5-18(6-8-19)12-3-2-4-13(12)20/h12-13,20H,2-9H2,1H3/t12-,13-/m0/s1. The lowest BCUT2D eigenvalue weighted by molar-refractivity contribution is -0.132. The second-order valence-corrected chi connectivity index (χ2v) is 6.52. The normalized spacial score (nSPS) is 26.6. The Hall–Kier alpha value is -1.11. The number of amides is 1. The Bertz CT molecular complexity index is 521. The van der Waals surface area contributed by atoms with Gasteiger partial charge in [-0.1, -0.05) is 5.16 Å². The summed E-state index contributed by atoms with van der Waals surface area (Å²) in [5, 5.41) is 14.0. The van der Waals surface area contributed by atoms with Crippen molar-refractivity contribution in [3.8, 4) is 0 Å². The summed E-state index contributed by atoms with van der Waals surface area (Å²) < 4.78 is 4.89. The highest BCUT2D eigenvalue weighted by Crippen LogP contribution is 2.25. The van der Waals surface area contributed by atoms with E-state index in [4.69, 9.17) is 16.1 Å². The predicted molar refractivity (Wildman–Crippen MR) is 81.8 cm³/mol. The summed E-state index contributed by atoms with van der Waals surface area (Å²) in [6.07, 6.45) is 3.08. The first-order valence-corrected chi connectivity index (χ1v) is 8.24. The van der Waals surface area contributed by atoms with Crippen molar-refractivity contribution in [3.63, 3.8) is 0 Å². The first-order chi connectivity index (χ1) is 10.6. The molecule has 0 bridgehead atoms. The lowest BCUT2D eigenvalue weighted by atomic mass is 10.1. The van der Waals surface area contributed by atoms with E-state index in [0.717, 1.165) is 32.4 Å². The van der Waals surface area contributed by atoms with Crippen LogP contribution >= 0.6 is 11.6 Å². The second kappa shape index (κ2) is 6.56. The van der Waals surface area contributed by atoms with Crippen LogP contribution in [0.1, 0.15) is 30.5 Å². The minimum Gasteiger partial charge on any atom is -0.391 e. The minimum absolute atomic E-state index is 0.0554. The lowest BCUT2D eigenvalue weighted by Gasteiger charge is -2.39. The highest BCUT2D eigenvalue weighted by Gasteiger charge is 2.33. The van der Waals surface area contributed by atoms with Crippen LogP contribution in [0, 0.1) is 6.92 Å². The van der Waals surface area contributed by atoms with Crippen molar-refractivity contribution in [2.24, 2.45) is 0 Å². The van der Waals surface area contributed by atoms with Gasteiger partial charge < -0.3 is 14.5 Å². The number of carbonyl (C=O) groups is 1. The number of aromatic nitrogens is 1. The number of carbonyl (C=O) groups excluding carboxylic acids is 1. The number of halogens is 1. The number of aliphatic hydroxyl groups is 1. The molecule has 122 valence electrons. The summed E-state index contributed by atoms with van der Waals surface area (Å²) >= 11 is 5.92. The Kier molecular flexibility index (Phi) is 4.70. The van der Waals surface area contributed by atoms with Crippen LogP contribution in [0.2, 0.25) is 5.22 Å². The average Bonchev–Trinajstić information content (AvgIpc) is 3.08. The van der Waals surface area contributed by atoms with Crippen LogP contribution in [0.3, 0.4) is 0 Å². The van der Waals surface area contributed by atoms with Gasteiger partial charge in [-0.15, -0.1) is 0 Å². The number of aliphatic hydroxyl groups excluding tert-OH is 1. The van der Waals surface area contributed by atoms with E-state index in [9.17, 15) is 9.90 Å². The van der Waals surface area contributed by atoms with Gasteiger partial charge in [0.05, 0.1) is 18.2 Å². The number of nitrogens with zero attached hydrogens (tertiary/aromatic N) is 3. The van der Waals surface area contributed by atoms with Crippen LogP contribution in [0.25, 0.3) is 0 Å². The molecule has 2 aliphatic rings. The molecule has 0 spiro atoms. The van der Waals surface area contributed by atoms with E-state index in [-0.39, 0.29) is 29.7 Å². The first kappa shape index (κ1) is 15.8. The first-order valence-electron chi connectivity index (χ1n) is 7.87. The van der Waals surface area contributed by atoms with Gasteiger partial charge in [0.1, 0.15) is 0 Å². The van der Waals surface area contributed by atoms with Crippen molar-refractivity contribution >= 4 is 17.5 Å². The molecular weight excluding hydrogens is 306 g/mol. The zero-order valence-electron chi connectivity index (χ0n) is 12.8. The van der Waals surface area contributed by atoms with E-state index in [0.29, 0.717) is 24.3 Å². The highest BCUT2D eigenvalue weighted by atomic mass is 35.5. The Labute approximate surface area is 135 Å². The minimum atomic E-state index is -0.208. The molecule has 1 N–H and O–H groups in total. The number of hydrogen-bond donors (Lipinski definition) is 1. The van der Waals surface area contributed by atoms with Crippen LogP contribution in [0.5, 0.6) is 0 Å². The molecule has 3 rings (SSSR count). The number of rotatable bonds is 3. The Balaban J connectivity index is 1.54. The summed E-state index contributed by atoms with van der Waals surface area (Å²) in [5.74, 6) is 0.0554. The second-order valence-electron chi connectivity index (χ2n) is 6.18. The topological polar surface area (TPSA) is 69.8 Å². The molecule has 1 aromatic rings. The van der Waals surface area contributed by atoms with Gasteiger partial charge >= 0.3 is 0 Å². The van der Waals surface area contributed by atoms with Gasteiger partial charge in [-0.3, -0.25) is 9.69 Å². The molecule has 0 aromatic carbocycles. The number of piperazine rings is 1. The van der Waals surface area contributed by atoms with E-state index in [1.165, 1.54) is 0 Å². The van der Waals surface area contributed by atoms with E-state index in [1.54, 1.807) is 6.92 Å². The Morgan fingerprint density at radius 2 is 2.09 bits per heavy atom. The van der Waals surface area contributed by atoms with Crippen molar-refractivity contribution in [1.29, 1.82) is 0 Å². The maximum Gasteiger partial charge on any atom is 0.229 e. The van der Waals surface area contributed by atoms with Crippen LogP contribution in [-0.2, 0) is 11.2 Å². The molecule has 1 amide bonds. The van der Waals surface area contributed by atoms with Crippen LogP contribution < -0.4 is 0 Å². The largest absolute Gasteiger partial charge is 0.391 e. The average molecular weight is 328 g/mol. The summed E-state index contributed by atoms with van der Waals surface area (Å²) in [4.78, 5) is 16.6. The zero-order valence-corrected chi connectivity index (χ0v) is 13.6. The van der Waals surface area contributed by atoms with Crippen molar-refractivity contribution in [1.82, 2.24) is 15.0 Å². The highest BCUT2D eigenvalue weighted by molar-refractivity contribution is 6.29. The van der Waals surface area contributed by atoms with Crippen LogP contribution in [0.15, 0.2) is 4.52 Å². The SMILES string of the molecule is Cc1noc(Cl)c1CC(=O)N1CCN([C@H]2CCC[C@@H]2O)CC1. The smallest absolute Gasteiger partial charge is 0.229 e. The molecule has 7 heteroatoms. The lowest BCUT2D eigenvalue weighted by Crippen LogP contribution is -2.53. The monoisotopic (exact) mass is 327 g/mol. The van der Waals surface area contributed by atoms with Crippen LogP contribution in [0.4, 0.5) is 0 Å². The zero-order chi connectivity index (χ0) is 15.7. The molecule has 1 aliphatic heterocycles. The predicted octanol–water partition coefficient (Wildman–Crippen LogP) is 1.24. The van der Waals surface area contributed by atoms with Crippen molar-refractivity contribution in [3.05, 3.63) is 16.5 Å². The molecule has 1 aliphatic carbocycles. The fraction of sp³-hybridized carbons (Fsp3) is 0.733. The molecule has 22 heavy (non-hydrogen) atoms. The van der Waals surface area contributed by atoms with Gasteiger partial charge in [-0.25, -0.2) is 0 Å². The summed E-state index contributed by atoms with van der Waals surface area (Å²) in [7, 11) is 0. The van der Waals surface area contributed by atoms with E-state index in [2.05, 4.69) is 10.1 Å². The molecule has 2 heterocycles. The molecule has 0 unspecified atom stereocenters. The van der Waals surface area contributed by atoms with Gasteiger partial charge in [-0.05, 0) is 37.8 Å². The summed E-state index contributed by atoms with van der Waals surface area (Å²) in [6.45, 7) is 4.83. The Morgan fingerprint density at radius 3 is 2.64 bits per heavy atom. The third kappa shape index (κ3) is 3.14. The van der Waals surface area contributed by atoms with Crippen LogP contribution in [-0.4, -0.2) is 64.3 Å². The molecule has 1 saturated heterocycles. The molecule has 0 radical (unpaired) electrons. The fourth-order valence-corrected chi connectivity index (χ4v) is 3.71. The molecule has 1 saturated carbocycles. The molecule has 6 nitrogen and oxygen atoms in total. The summed E-state index contributed by atoms with van der Waals surface area (Å²) in [6, 6.07) is 0.270. The van der Waals surface area contributed by atoms with Crippen molar-refractivity contribution in [2.75, 3.05) is 26.2 Å². The van der Waals surface area contributed by atoms with Gasteiger partial charge in [0, 0.05) is 37.8 Å². The quantitative estimate of drug-likeness (QED) is 0.904. The Morgan fingerprint density at radius 1 is 1.36 bits per heavy atom. The number of hydrogen-bond acceptors (Lipinski definition) is 5. The third-order valence-electron chi connectivity index (χ3n) is 4.84. The van der Waals surface area contributed by atoms with E-state index >= 15 is 0 Å². The van der Waals surface area contributed by atoms with E-state index in [1.807, 2.05) is 4.90 Å². The molecule has 2 atom stereocenters. The third-order valence-corrected chi connectivity index (χ3v) is 5.14. The maximum atomic E-state index is 12.4. The molecule has 1 aromatic heterocycles. The fourth-order valence-electron chi connectivity index (χ4n) is 3.47. The van der Waals surface area contributed by atoms with Gasteiger partial charge in [0.15, 0.2) is 0 Å². The van der Waals surface area contributed by atoms with E-state index < -0.39 is 0 Å². The van der Waals surface area contributed by atoms with Crippen molar-refractivity contribution in [2.45, 2.75) is 44.8 Å². The molecule has 2 fully saturated rings. The summed E-state index contributed by atoms with van der Waals surface area (Å²) in [5.41, 5.74) is 1.35. The van der Waals surface area contributed by atoms with Gasteiger partial charge in [0.2, 0.25) is 11.1 Å². The molecular formula is C15H22ClN3O3. The van der Waals surface area contributed by atoms with Gasteiger partial charge in [-0.2, -0.15) is 0 Å². The maximum absolute atomic E-state index is 12.4.